The lowest BCUT2D eigenvalue weighted by Crippen LogP contribution is -2.26. The summed E-state index contributed by atoms with van der Waals surface area (Å²) in [5.41, 5.74) is 8.62. The molecule has 106 valence electrons. The Hall–Kier alpha value is -2.14. The van der Waals surface area contributed by atoms with Gasteiger partial charge in [0.05, 0.1) is 5.69 Å². The molecule has 0 saturated heterocycles. The molecule has 2 aromatic rings. The summed E-state index contributed by atoms with van der Waals surface area (Å²) >= 11 is 0. The summed E-state index contributed by atoms with van der Waals surface area (Å²) in [7, 11) is 0. The second kappa shape index (κ2) is 6.86. The molecule has 0 aliphatic carbocycles. The van der Waals surface area contributed by atoms with Gasteiger partial charge in [-0.25, -0.2) is 0 Å². The zero-order valence-electron chi connectivity index (χ0n) is 11.6. The van der Waals surface area contributed by atoms with Crippen molar-refractivity contribution >= 4 is 11.6 Å². The standard InChI is InChI=1S/C15H20N4O/c1-2-3-12(16)10-15(20)18-13-6-4-11(5-7-13)14-8-9-17-19-14/h4-9,12H,2-3,10,16H2,1H3,(H,17,19)(H,18,20). The van der Waals surface area contributed by atoms with Gasteiger partial charge in [-0.05, 0) is 30.2 Å². The zero-order valence-corrected chi connectivity index (χ0v) is 11.6. The molecule has 0 aliphatic heterocycles. The fourth-order valence-corrected chi connectivity index (χ4v) is 2.07. The smallest absolute Gasteiger partial charge is 0.225 e. The van der Waals surface area contributed by atoms with Crippen molar-refractivity contribution in [2.24, 2.45) is 5.73 Å². The van der Waals surface area contributed by atoms with Crippen molar-refractivity contribution in [2.75, 3.05) is 5.32 Å². The maximum Gasteiger partial charge on any atom is 0.225 e. The molecule has 1 aromatic carbocycles. The third-order valence-corrected chi connectivity index (χ3v) is 3.09. The molecule has 0 fully saturated rings. The summed E-state index contributed by atoms with van der Waals surface area (Å²) in [6, 6.07) is 9.46. The van der Waals surface area contributed by atoms with Crippen molar-refractivity contribution in [1.82, 2.24) is 10.2 Å². The third-order valence-electron chi connectivity index (χ3n) is 3.09. The molecule has 4 N–H and O–H groups in total. The van der Waals surface area contributed by atoms with E-state index in [-0.39, 0.29) is 11.9 Å². The van der Waals surface area contributed by atoms with E-state index in [0.29, 0.717) is 6.42 Å². The van der Waals surface area contributed by atoms with Crippen LogP contribution in [0.25, 0.3) is 11.3 Å². The van der Waals surface area contributed by atoms with E-state index in [4.69, 9.17) is 5.73 Å². The summed E-state index contributed by atoms with van der Waals surface area (Å²) in [5, 5.41) is 9.67. The minimum atomic E-state index is -0.0655. The van der Waals surface area contributed by atoms with E-state index in [1.165, 1.54) is 0 Å². The fourth-order valence-electron chi connectivity index (χ4n) is 2.07. The molecule has 1 aromatic heterocycles. The van der Waals surface area contributed by atoms with Crippen molar-refractivity contribution in [3.63, 3.8) is 0 Å². The molecule has 0 radical (unpaired) electrons. The Morgan fingerprint density at radius 2 is 2.10 bits per heavy atom. The summed E-state index contributed by atoms with van der Waals surface area (Å²) in [5.74, 6) is -0.0414. The highest BCUT2D eigenvalue weighted by atomic mass is 16.1. The number of hydrogen-bond acceptors (Lipinski definition) is 3. The van der Waals surface area contributed by atoms with E-state index in [1.54, 1.807) is 6.20 Å². The van der Waals surface area contributed by atoms with Gasteiger partial charge in [0.1, 0.15) is 0 Å². The molecule has 20 heavy (non-hydrogen) atoms. The first-order valence-electron chi connectivity index (χ1n) is 6.84. The monoisotopic (exact) mass is 272 g/mol. The summed E-state index contributed by atoms with van der Waals surface area (Å²) in [6.07, 6.45) is 3.93. The van der Waals surface area contributed by atoms with Gasteiger partial charge in [0.25, 0.3) is 0 Å². The lowest BCUT2D eigenvalue weighted by molar-refractivity contribution is -0.116. The van der Waals surface area contributed by atoms with Crippen LogP contribution >= 0.6 is 0 Å². The largest absolute Gasteiger partial charge is 0.327 e. The van der Waals surface area contributed by atoms with Gasteiger partial charge in [-0.15, -0.1) is 0 Å². The van der Waals surface area contributed by atoms with Crippen LogP contribution in [-0.2, 0) is 4.79 Å². The van der Waals surface area contributed by atoms with Crippen LogP contribution in [0.3, 0.4) is 0 Å². The number of anilines is 1. The number of aromatic nitrogens is 2. The van der Waals surface area contributed by atoms with E-state index < -0.39 is 0 Å². The van der Waals surface area contributed by atoms with Crippen molar-refractivity contribution in [2.45, 2.75) is 32.2 Å². The number of carbonyl (C=O) groups is 1. The minimum Gasteiger partial charge on any atom is -0.327 e. The summed E-state index contributed by atoms with van der Waals surface area (Å²) in [6.45, 7) is 2.06. The van der Waals surface area contributed by atoms with Gasteiger partial charge in [-0.1, -0.05) is 25.5 Å². The van der Waals surface area contributed by atoms with Gasteiger partial charge in [-0.3, -0.25) is 9.89 Å². The Morgan fingerprint density at radius 3 is 2.70 bits per heavy atom. The quantitative estimate of drug-likeness (QED) is 0.755. The van der Waals surface area contributed by atoms with Crippen molar-refractivity contribution < 1.29 is 4.79 Å². The number of nitrogens with zero attached hydrogens (tertiary/aromatic N) is 1. The lowest BCUT2D eigenvalue weighted by Gasteiger charge is -2.10. The number of amides is 1. The number of nitrogens with two attached hydrogens (primary N) is 1. The molecule has 0 bridgehead atoms. The maximum atomic E-state index is 11.8. The van der Waals surface area contributed by atoms with Gasteiger partial charge in [-0.2, -0.15) is 5.10 Å². The van der Waals surface area contributed by atoms with Crippen LogP contribution in [0.1, 0.15) is 26.2 Å². The molecule has 1 unspecified atom stereocenters. The van der Waals surface area contributed by atoms with E-state index in [2.05, 4.69) is 22.4 Å². The number of H-pyrrole nitrogens is 1. The molecule has 1 heterocycles. The van der Waals surface area contributed by atoms with Crippen LogP contribution < -0.4 is 11.1 Å². The third kappa shape index (κ3) is 3.93. The second-order valence-corrected chi connectivity index (χ2v) is 4.85. The zero-order chi connectivity index (χ0) is 14.4. The SMILES string of the molecule is CCCC(N)CC(=O)Nc1ccc(-c2ccn[nH]2)cc1. The predicted molar refractivity (Wildman–Crippen MR) is 80.2 cm³/mol. The Kier molecular flexibility index (Phi) is 4.90. The lowest BCUT2D eigenvalue weighted by atomic mass is 10.1. The predicted octanol–water partition coefficient (Wildman–Crippen LogP) is 2.53. The average Bonchev–Trinajstić information content (AvgIpc) is 2.93. The molecule has 5 heteroatoms. The first-order valence-corrected chi connectivity index (χ1v) is 6.84. The van der Waals surface area contributed by atoms with Crippen molar-refractivity contribution in [1.29, 1.82) is 0 Å². The Morgan fingerprint density at radius 1 is 1.35 bits per heavy atom. The van der Waals surface area contributed by atoms with Gasteiger partial charge in [0.2, 0.25) is 5.91 Å². The summed E-state index contributed by atoms with van der Waals surface area (Å²) in [4.78, 5) is 11.8. The molecular formula is C15H20N4O. The Balaban J connectivity index is 1.92. The highest BCUT2D eigenvalue weighted by Crippen LogP contribution is 2.19. The van der Waals surface area contributed by atoms with Crippen LogP contribution in [-0.4, -0.2) is 22.1 Å². The number of nitrogens with one attached hydrogen (secondary N) is 2. The van der Waals surface area contributed by atoms with Crippen molar-refractivity contribution in [3.8, 4) is 11.3 Å². The topological polar surface area (TPSA) is 83.8 Å². The van der Waals surface area contributed by atoms with Crippen LogP contribution in [0, 0.1) is 0 Å². The van der Waals surface area contributed by atoms with Crippen molar-refractivity contribution in [3.05, 3.63) is 36.5 Å². The van der Waals surface area contributed by atoms with E-state index >= 15 is 0 Å². The average molecular weight is 272 g/mol. The first-order chi connectivity index (χ1) is 9.69. The molecule has 0 aliphatic rings. The van der Waals surface area contributed by atoms with Gasteiger partial charge in [0, 0.05) is 24.3 Å². The van der Waals surface area contributed by atoms with Crippen LogP contribution in [0.15, 0.2) is 36.5 Å². The first kappa shape index (κ1) is 14.3. The van der Waals surface area contributed by atoms with Gasteiger partial charge < -0.3 is 11.1 Å². The maximum absolute atomic E-state index is 11.8. The van der Waals surface area contributed by atoms with E-state index in [0.717, 1.165) is 29.8 Å². The van der Waals surface area contributed by atoms with Crippen LogP contribution in [0.5, 0.6) is 0 Å². The number of carbonyl (C=O) groups excluding carboxylic acids is 1. The highest BCUT2D eigenvalue weighted by Gasteiger charge is 2.09. The Labute approximate surface area is 118 Å². The minimum absolute atomic E-state index is 0.0414. The Bertz CT molecular complexity index is 534. The number of hydrogen-bond donors (Lipinski definition) is 3. The van der Waals surface area contributed by atoms with E-state index in [9.17, 15) is 4.79 Å². The van der Waals surface area contributed by atoms with Gasteiger partial charge >= 0.3 is 0 Å². The molecular weight excluding hydrogens is 252 g/mol. The molecule has 0 saturated carbocycles. The van der Waals surface area contributed by atoms with Crippen LogP contribution in [0.4, 0.5) is 5.69 Å². The summed E-state index contributed by atoms with van der Waals surface area (Å²) < 4.78 is 0. The molecule has 1 atom stereocenters. The molecule has 2 rings (SSSR count). The number of rotatable bonds is 6. The van der Waals surface area contributed by atoms with Gasteiger partial charge in [0.15, 0.2) is 0 Å². The normalized spacial score (nSPS) is 12.1. The second-order valence-electron chi connectivity index (χ2n) is 4.85. The van der Waals surface area contributed by atoms with E-state index in [1.807, 2.05) is 30.3 Å². The van der Waals surface area contributed by atoms with Crippen LogP contribution in [0.2, 0.25) is 0 Å². The highest BCUT2D eigenvalue weighted by molar-refractivity contribution is 5.91. The molecule has 1 amide bonds. The number of aromatic amines is 1. The number of benzene rings is 1. The molecule has 0 spiro atoms. The molecule has 5 nitrogen and oxygen atoms in total. The fraction of sp³-hybridized carbons (Fsp3) is 0.333.